The van der Waals surface area contributed by atoms with E-state index in [1.54, 1.807) is 24.3 Å². The summed E-state index contributed by atoms with van der Waals surface area (Å²) >= 11 is 0. The van der Waals surface area contributed by atoms with Crippen LogP contribution in [0.2, 0.25) is 0 Å². The van der Waals surface area contributed by atoms with Crippen LogP contribution in [0.5, 0.6) is 11.5 Å². The van der Waals surface area contributed by atoms with E-state index in [1.807, 2.05) is 0 Å². The molecule has 3 rings (SSSR count). The van der Waals surface area contributed by atoms with Crippen molar-refractivity contribution in [3.63, 3.8) is 0 Å². The number of methoxy groups -OCH3 is 2. The van der Waals surface area contributed by atoms with Crippen molar-refractivity contribution < 1.29 is 23.5 Å². The highest BCUT2D eigenvalue weighted by Gasteiger charge is 2.14. The van der Waals surface area contributed by atoms with Gasteiger partial charge in [-0.25, -0.2) is 9.37 Å². The van der Waals surface area contributed by atoms with Crippen LogP contribution in [0.3, 0.4) is 0 Å². The summed E-state index contributed by atoms with van der Waals surface area (Å²) in [5.74, 6) is -0.547. The van der Waals surface area contributed by atoms with Crippen LogP contribution in [0.4, 0.5) is 15.8 Å². The van der Waals surface area contributed by atoms with Gasteiger partial charge < -0.3 is 20.1 Å². The standard InChI is InChI=1S/C21H18FN3O4/c1-28-18-10-9-15(12-19(18)29-2)24-21(27)17-8-4-7-16(25-17)20(26)23-14-6-3-5-13(22)11-14/h3-12H,1-2H3,(H,23,26)(H,24,27). The molecule has 1 aromatic heterocycles. The van der Waals surface area contributed by atoms with E-state index < -0.39 is 17.6 Å². The van der Waals surface area contributed by atoms with Gasteiger partial charge >= 0.3 is 0 Å². The zero-order valence-electron chi connectivity index (χ0n) is 15.7. The van der Waals surface area contributed by atoms with Gasteiger partial charge in [0.1, 0.15) is 17.2 Å². The molecule has 0 aliphatic rings. The molecule has 0 saturated carbocycles. The van der Waals surface area contributed by atoms with Crippen LogP contribution in [0, 0.1) is 5.82 Å². The minimum Gasteiger partial charge on any atom is -0.493 e. The summed E-state index contributed by atoms with van der Waals surface area (Å²) in [6, 6.07) is 14.9. The minimum atomic E-state index is -0.559. The van der Waals surface area contributed by atoms with Gasteiger partial charge in [0.25, 0.3) is 11.8 Å². The Hall–Kier alpha value is -3.94. The Morgan fingerprint density at radius 3 is 1.97 bits per heavy atom. The molecule has 0 fully saturated rings. The molecule has 1 heterocycles. The first-order chi connectivity index (χ1) is 14.0. The molecule has 0 bridgehead atoms. The maximum Gasteiger partial charge on any atom is 0.274 e. The number of halogens is 1. The largest absolute Gasteiger partial charge is 0.493 e. The van der Waals surface area contributed by atoms with Gasteiger partial charge in [-0.2, -0.15) is 0 Å². The van der Waals surface area contributed by atoms with Crippen molar-refractivity contribution in [3.8, 4) is 11.5 Å². The van der Waals surface area contributed by atoms with Crippen molar-refractivity contribution in [1.29, 1.82) is 0 Å². The molecule has 8 heteroatoms. The van der Waals surface area contributed by atoms with Crippen LogP contribution in [-0.2, 0) is 0 Å². The highest BCUT2D eigenvalue weighted by atomic mass is 19.1. The number of aromatic nitrogens is 1. The molecule has 0 aliphatic heterocycles. The summed E-state index contributed by atoms with van der Waals surface area (Å²) in [4.78, 5) is 29.0. The number of ether oxygens (including phenoxy) is 2. The Bertz CT molecular complexity index is 1060. The first kappa shape index (κ1) is 19.8. The summed E-state index contributed by atoms with van der Waals surface area (Å²) in [7, 11) is 3.01. The maximum atomic E-state index is 13.3. The molecule has 2 N–H and O–H groups in total. The number of pyridine rings is 1. The zero-order valence-corrected chi connectivity index (χ0v) is 15.7. The van der Waals surface area contributed by atoms with E-state index in [9.17, 15) is 14.0 Å². The number of nitrogens with one attached hydrogen (secondary N) is 2. The SMILES string of the molecule is COc1ccc(NC(=O)c2cccc(C(=O)Nc3cccc(F)c3)n2)cc1OC. The quantitative estimate of drug-likeness (QED) is 0.664. The fraction of sp³-hybridized carbons (Fsp3) is 0.0952. The number of nitrogens with zero attached hydrogens (tertiary/aromatic N) is 1. The molecule has 3 aromatic rings. The molecule has 0 unspecified atom stereocenters. The molecule has 29 heavy (non-hydrogen) atoms. The van der Waals surface area contributed by atoms with Gasteiger partial charge in [-0.15, -0.1) is 0 Å². The average molecular weight is 395 g/mol. The van der Waals surface area contributed by atoms with Gasteiger partial charge in [0, 0.05) is 17.4 Å². The lowest BCUT2D eigenvalue weighted by molar-refractivity contribution is 0.101. The zero-order chi connectivity index (χ0) is 20.8. The highest BCUT2D eigenvalue weighted by Crippen LogP contribution is 2.29. The number of carbonyl (C=O) groups is 2. The Morgan fingerprint density at radius 1 is 0.793 bits per heavy atom. The van der Waals surface area contributed by atoms with Crippen LogP contribution in [0.25, 0.3) is 0 Å². The van der Waals surface area contributed by atoms with E-state index in [0.29, 0.717) is 17.2 Å². The van der Waals surface area contributed by atoms with Crippen LogP contribution < -0.4 is 20.1 Å². The smallest absolute Gasteiger partial charge is 0.274 e. The molecule has 148 valence electrons. The van der Waals surface area contributed by atoms with Gasteiger partial charge in [-0.3, -0.25) is 9.59 Å². The third kappa shape index (κ3) is 4.86. The van der Waals surface area contributed by atoms with E-state index in [1.165, 1.54) is 50.6 Å². The number of anilines is 2. The van der Waals surface area contributed by atoms with E-state index in [-0.39, 0.29) is 17.1 Å². The lowest BCUT2D eigenvalue weighted by Gasteiger charge is -2.11. The Morgan fingerprint density at radius 2 is 1.38 bits per heavy atom. The summed E-state index contributed by atoms with van der Waals surface area (Å²) in [6.45, 7) is 0. The third-order valence-corrected chi connectivity index (χ3v) is 3.94. The van der Waals surface area contributed by atoms with Gasteiger partial charge in [-0.1, -0.05) is 12.1 Å². The predicted octanol–water partition coefficient (Wildman–Crippen LogP) is 3.74. The predicted molar refractivity (Wildman–Crippen MR) is 106 cm³/mol. The molecular weight excluding hydrogens is 377 g/mol. The molecule has 0 radical (unpaired) electrons. The number of benzene rings is 2. The van der Waals surface area contributed by atoms with Crippen LogP contribution in [0.1, 0.15) is 21.0 Å². The molecule has 2 amide bonds. The Labute approximate surface area is 166 Å². The van der Waals surface area contributed by atoms with Crippen LogP contribution in [-0.4, -0.2) is 31.0 Å². The second-order valence-corrected chi connectivity index (χ2v) is 5.90. The van der Waals surface area contributed by atoms with E-state index >= 15 is 0 Å². The number of hydrogen-bond donors (Lipinski definition) is 2. The topological polar surface area (TPSA) is 89.5 Å². The summed E-state index contributed by atoms with van der Waals surface area (Å²) in [5.41, 5.74) is 0.835. The van der Waals surface area contributed by atoms with Crippen molar-refractivity contribution in [2.24, 2.45) is 0 Å². The summed E-state index contributed by atoms with van der Waals surface area (Å²) in [5, 5.41) is 5.23. The van der Waals surface area contributed by atoms with Gasteiger partial charge in [0.2, 0.25) is 0 Å². The Kier molecular flexibility index (Phi) is 6.03. The fourth-order valence-corrected chi connectivity index (χ4v) is 2.56. The number of rotatable bonds is 6. The van der Waals surface area contributed by atoms with E-state index in [2.05, 4.69) is 15.6 Å². The third-order valence-electron chi connectivity index (χ3n) is 3.94. The van der Waals surface area contributed by atoms with Crippen molar-refractivity contribution in [1.82, 2.24) is 4.98 Å². The summed E-state index contributed by atoms with van der Waals surface area (Å²) < 4.78 is 23.6. The molecule has 0 spiro atoms. The average Bonchev–Trinajstić information content (AvgIpc) is 2.73. The molecule has 0 aliphatic carbocycles. The molecule has 0 atom stereocenters. The molecule has 2 aromatic carbocycles. The van der Waals surface area contributed by atoms with Gasteiger partial charge in [-0.05, 0) is 42.5 Å². The van der Waals surface area contributed by atoms with Crippen molar-refractivity contribution >= 4 is 23.2 Å². The molecule has 7 nitrogen and oxygen atoms in total. The Balaban J connectivity index is 1.74. The first-order valence-electron chi connectivity index (χ1n) is 8.57. The van der Waals surface area contributed by atoms with Crippen LogP contribution in [0.15, 0.2) is 60.7 Å². The fourth-order valence-electron chi connectivity index (χ4n) is 2.56. The van der Waals surface area contributed by atoms with Crippen molar-refractivity contribution in [3.05, 3.63) is 77.9 Å². The van der Waals surface area contributed by atoms with E-state index in [4.69, 9.17) is 9.47 Å². The van der Waals surface area contributed by atoms with E-state index in [0.717, 1.165) is 0 Å². The maximum absolute atomic E-state index is 13.3. The number of carbonyl (C=O) groups excluding carboxylic acids is 2. The second-order valence-electron chi connectivity index (χ2n) is 5.90. The second kappa shape index (κ2) is 8.83. The van der Waals surface area contributed by atoms with Crippen molar-refractivity contribution in [2.45, 2.75) is 0 Å². The lowest BCUT2D eigenvalue weighted by atomic mass is 10.2. The normalized spacial score (nSPS) is 10.2. The first-order valence-corrected chi connectivity index (χ1v) is 8.57. The summed E-state index contributed by atoms with van der Waals surface area (Å²) in [6.07, 6.45) is 0. The molecule has 0 saturated heterocycles. The minimum absolute atomic E-state index is 0.0224. The van der Waals surface area contributed by atoms with Gasteiger partial charge in [0.05, 0.1) is 14.2 Å². The monoisotopic (exact) mass is 395 g/mol. The lowest BCUT2D eigenvalue weighted by Crippen LogP contribution is -2.18. The van der Waals surface area contributed by atoms with Gasteiger partial charge in [0.15, 0.2) is 11.5 Å². The molecular formula is C21H18FN3O4. The number of hydrogen-bond acceptors (Lipinski definition) is 5. The van der Waals surface area contributed by atoms with Crippen molar-refractivity contribution in [2.75, 3.05) is 24.9 Å². The number of amides is 2. The highest BCUT2D eigenvalue weighted by molar-refractivity contribution is 6.06. The van der Waals surface area contributed by atoms with Crippen LogP contribution >= 0.6 is 0 Å².